The van der Waals surface area contributed by atoms with Gasteiger partial charge in [0.15, 0.2) is 11.0 Å². The molecule has 34 heavy (non-hydrogen) atoms. The largest absolute Gasteiger partial charge is 0.486 e. The standard InChI is InChI=1S/C27H28N4O2S/c1-4-16-31-25(17-33-22-14-12-20(13-15-22)19(2)3)29-30-27(31)34-18-26(32)28-24-11-7-9-21-8-5-6-10-23(21)24/h4-15,19H,1,16-18H2,2-3H3,(H,28,32). The first-order valence-electron chi connectivity index (χ1n) is 11.2. The summed E-state index contributed by atoms with van der Waals surface area (Å²) in [5.41, 5.74) is 2.07. The quantitative estimate of drug-likeness (QED) is 0.225. The third kappa shape index (κ3) is 5.66. The summed E-state index contributed by atoms with van der Waals surface area (Å²) in [4.78, 5) is 12.7. The molecule has 1 N–H and O–H groups in total. The Balaban J connectivity index is 1.39. The highest BCUT2D eigenvalue weighted by molar-refractivity contribution is 7.99. The first kappa shape index (κ1) is 23.6. The van der Waals surface area contributed by atoms with Crippen molar-refractivity contribution in [2.24, 2.45) is 0 Å². The van der Waals surface area contributed by atoms with Gasteiger partial charge in [0.25, 0.3) is 0 Å². The molecule has 4 rings (SSSR count). The number of thioether (sulfide) groups is 1. The SMILES string of the molecule is C=CCn1c(COc2ccc(C(C)C)cc2)nnc1SCC(=O)Nc1cccc2ccccc12. The Bertz CT molecular complexity index is 1280. The lowest BCUT2D eigenvalue weighted by atomic mass is 10.0. The molecule has 3 aromatic carbocycles. The Kier molecular flexibility index (Phi) is 7.65. The fraction of sp³-hybridized carbons (Fsp3) is 0.222. The fourth-order valence-electron chi connectivity index (χ4n) is 3.59. The topological polar surface area (TPSA) is 69.0 Å². The summed E-state index contributed by atoms with van der Waals surface area (Å²) in [6.45, 7) is 8.98. The maximum absolute atomic E-state index is 12.7. The van der Waals surface area contributed by atoms with Crippen LogP contribution in [0.5, 0.6) is 5.75 Å². The number of hydrogen-bond donors (Lipinski definition) is 1. The molecule has 0 saturated heterocycles. The van der Waals surface area contributed by atoms with Crippen molar-refractivity contribution in [1.82, 2.24) is 14.8 Å². The Morgan fingerprint density at radius 2 is 1.85 bits per heavy atom. The number of rotatable bonds is 10. The Hall–Kier alpha value is -3.58. The average Bonchev–Trinajstić information content (AvgIpc) is 3.23. The van der Waals surface area contributed by atoms with Gasteiger partial charge in [0.2, 0.25) is 5.91 Å². The molecular formula is C27H28N4O2S. The van der Waals surface area contributed by atoms with Crippen molar-refractivity contribution in [1.29, 1.82) is 0 Å². The highest BCUT2D eigenvalue weighted by atomic mass is 32.2. The number of fused-ring (bicyclic) bond motifs is 1. The molecule has 4 aromatic rings. The monoisotopic (exact) mass is 472 g/mol. The van der Waals surface area contributed by atoms with Gasteiger partial charge in [-0.2, -0.15) is 0 Å². The lowest BCUT2D eigenvalue weighted by Gasteiger charge is -2.11. The molecule has 174 valence electrons. The van der Waals surface area contributed by atoms with E-state index in [4.69, 9.17) is 4.74 Å². The number of benzene rings is 3. The van der Waals surface area contributed by atoms with Crippen LogP contribution in [-0.2, 0) is 17.9 Å². The van der Waals surface area contributed by atoms with Gasteiger partial charge in [0.1, 0.15) is 12.4 Å². The molecule has 0 unspecified atom stereocenters. The first-order chi connectivity index (χ1) is 16.5. The number of aromatic nitrogens is 3. The number of anilines is 1. The summed E-state index contributed by atoms with van der Waals surface area (Å²) < 4.78 is 7.85. The van der Waals surface area contributed by atoms with E-state index in [0.29, 0.717) is 23.4 Å². The molecule has 7 heteroatoms. The van der Waals surface area contributed by atoms with Crippen LogP contribution < -0.4 is 10.1 Å². The minimum absolute atomic E-state index is 0.0995. The third-order valence-corrected chi connectivity index (χ3v) is 6.38. The summed E-state index contributed by atoms with van der Waals surface area (Å²) in [5.74, 6) is 2.06. The number of carbonyl (C=O) groups is 1. The van der Waals surface area contributed by atoms with E-state index in [0.717, 1.165) is 22.2 Å². The second-order valence-electron chi connectivity index (χ2n) is 8.17. The van der Waals surface area contributed by atoms with E-state index in [1.54, 1.807) is 6.08 Å². The van der Waals surface area contributed by atoms with Crippen LogP contribution in [0.2, 0.25) is 0 Å². The zero-order valence-corrected chi connectivity index (χ0v) is 20.2. The van der Waals surface area contributed by atoms with E-state index in [9.17, 15) is 4.79 Å². The second-order valence-corrected chi connectivity index (χ2v) is 9.12. The average molecular weight is 473 g/mol. The molecule has 0 aliphatic carbocycles. The number of hydrogen-bond acceptors (Lipinski definition) is 5. The first-order valence-corrected chi connectivity index (χ1v) is 12.2. The van der Waals surface area contributed by atoms with Crippen LogP contribution in [0, 0.1) is 0 Å². The van der Waals surface area contributed by atoms with Crippen LogP contribution >= 0.6 is 11.8 Å². The van der Waals surface area contributed by atoms with Crippen molar-refractivity contribution in [3.05, 3.63) is 90.8 Å². The number of amides is 1. The number of ether oxygens (including phenoxy) is 1. The molecule has 0 aliphatic heterocycles. The molecule has 0 bridgehead atoms. The van der Waals surface area contributed by atoms with Gasteiger partial charge in [-0.1, -0.05) is 80.2 Å². The molecule has 0 saturated carbocycles. The fourth-order valence-corrected chi connectivity index (χ4v) is 4.36. The Labute approximate surface area is 204 Å². The van der Waals surface area contributed by atoms with E-state index >= 15 is 0 Å². The van der Waals surface area contributed by atoms with Gasteiger partial charge in [-0.15, -0.1) is 16.8 Å². The van der Waals surface area contributed by atoms with Crippen molar-refractivity contribution in [2.45, 2.75) is 38.1 Å². The number of nitrogens with zero attached hydrogens (tertiary/aromatic N) is 3. The van der Waals surface area contributed by atoms with Crippen molar-refractivity contribution < 1.29 is 9.53 Å². The van der Waals surface area contributed by atoms with Gasteiger partial charge in [-0.3, -0.25) is 9.36 Å². The van der Waals surface area contributed by atoms with Crippen molar-refractivity contribution in [3.63, 3.8) is 0 Å². The highest BCUT2D eigenvalue weighted by Gasteiger charge is 2.15. The van der Waals surface area contributed by atoms with Crippen LogP contribution in [0.25, 0.3) is 10.8 Å². The predicted molar refractivity (Wildman–Crippen MR) is 138 cm³/mol. The van der Waals surface area contributed by atoms with Gasteiger partial charge < -0.3 is 10.1 Å². The van der Waals surface area contributed by atoms with Gasteiger partial charge in [0.05, 0.1) is 5.75 Å². The molecule has 0 atom stereocenters. The molecule has 1 aromatic heterocycles. The minimum atomic E-state index is -0.0995. The number of allylic oxidation sites excluding steroid dienone is 1. The van der Waals surface area contributed by atoms with Crippen LogP contribution in [-0.4, -0.2) is 26.4 Å². The Morgan fingerprint density at radius 1 is 1.09 bits per heavy atom. The second kappa shape index (κ2) is 11.0. The number of nitrogens with one attached hydrogen (secondary N) is 1. The lowest BCUT2D eigenvalue weighted by molar-refractivity contribution is -0.113. The molecule has 6 nitrogen and oxygen atoms in total. The van der Waals surface area contributed by atoms with E-state index in [-0.39, 0.29) is 18.3 Å². The molecule has 0 spiro atoms. The summed E-state index contributed by atoms with van der Waals surface area (Å²) in [5, 5.41) is 14.3. The van der Waals surface area contributed by atoms with Crippen LogP contribution in [0.15, 0.2) is 84.5 Å². The minimum Gasteiger partial charge on any atom is -0.486 e. The van der Waals surface area contributed by atoms with Crippen molar-refractivity contribution in [3.8, 4) is 5.75 Å². The Morgan fingerprint density at radius 3 is 2.62 bits per heavy atom. The summed E-state index contributed by atoms with van der Waals surface area (Å²) in [6, 6.07) is 21.9. The van der Waals surface area contributed by atoms with E-state index in [1.165, 1.54) is 17.3 Å². The number of carbonyl (C=O) groups excluding carboxylic acids is 1. The molecule has 0 radical (unpaired) electrons. The lowest BCUT2D eigenvalue weighted by Crippen LogP contribution is -2.15. The molecule has 0 fully saturated rings. The van der Waals surface area contributed by atoms with Crippen molar-refractivity contribution >= 4 is 34.1 Å². The third-order valence-electron chi connectivity index (χ3n) is 5.42. The molecule has 0 aliphatic rings. The predicted octanol–water partition coefficient (Wildman–Crippen LogP) is 6.05. The zero-order valence-electron chi connectivity index (χ0n) is 19.4. The zero-order chi connectivity index (χ0) is 23.9. The molecular weight excluding hydrogens is 444 g/mol. The van der Waals surface area contributed by atoms with Gasteiger partial charge in [0, 0.05) is 17.6 Å². The van der Waals surface area contributed by atoms with Crippen LogP contribution in [0.3, 0.4) is 0 Å². The van der Waals surface area contributed by atoms with E-state index in [1.807, 2.05) is 59.2 Å². The van der Waals surface area contributed by atoms with E-state index in [2.05, 4.69) is 48.1 Å². The summed E-state index contributed by atoms with van der Waals surface area (Å²) in [6.07, 6.45) is 1.78. The van der Waals surface area contributed by atoms with Crippen molar-refractivity contribution in [2.75, 3.05) is 11.1 Å². The van der Waals surface area contributed by atoms with Gasteiger partial charge in [-0.05, 0) is 35.1 Å². The van der Waals surface area contributed by atoms with Crippen LogP contribution in [0.4, 0.5) is 5.69 Å². The summed E-state index contributed by atoms with van der Waals surface area (Å²) in [7, 11) is 0. The van der Waals surface area contributed by atoms with E-state index < -0.39 is 0 Å². The van der Waals surface area contributed by atoms with Gasteiger partial charge >= 0.3 is 0 Å². The maximum Gasteiger partial charge on any atom is 0.234 e. The highest BCUT2D eigenvalue weighted by Crippen LogP contribution is 2.24. The van der Waals surface area contributed by atoms with Gasteiger partial charge in [-0.25, -0.2) is 0 Å². The normalized spacial score (nSPS) is 11.0. The molecule has 1 heterocycles. The van der Waals surface area contributed by atoms with Crippen LogP contribution in [0.1, 0.15) is 31.2 Å². The molecule has 1 amide bonds. The smallest absolute Gasteiger partial charge is 0.234 e. The summed E-state index contributed by atoms with van der Waals surface area (Å²) >= 11 is 1.34. The maximum atomic E-state index is 12.7.